The predicted octanol–water partition coefficient (Wildman–Crippen LogP) is 2.41. The zero-order valence-electron chi connectivity index (χ0n) is 15.6. The van der Waals surface area contributed by atoms with Crippen LogP contribution in [-0.4, -0.2) is 60.4 Å². The van der Waals surface area contributed by atoms with Gasteiger partial charge in [-0.2, -0.15) is 0 Å². The maximum Gasteiger partial charge on any atom is 0.225 e. The van der Waals surface area contributed by atoms with E-state index in [-0.39, 0.29) is 17.7 Å². The van der Waals surface area contributed by atoms with E-state index in [9.17, 15) is 9.59 Å². The van der Waals surface area contributed by atoms with Crippen LogP contribution in [0.3, 0.4) is 0 Å². The number of rotatable bonds is 10. The third kappa shape index (κ3) is 5.47. The molecule has 24 heavy (non-hydrogen) atoms. The molecule has 1 atom stereocenters. The molecule has 1 aliphatic carbocycles. The third-order valence-corrected chi connectivity index (χ3v) is 5.32. The van der Waals surface area contributed by atoms with E-state index in [2.05, 4.69) is 24.1 Å². The summed E-state index contributed by atoms with van der Waals surface area (Å²) in [7, 11) is 0. The van der Waals surface area contributed by atoms with Gasteiger partial charge >= 0.3 is 0 Å². The number of hydrogen-bond donors (Lipinski definition) is 1. The van der Waals surface area contributed by atoms with Crippen LogP contribution in [0.15, 0.2) is 0 Å². The van der Waals surface area contributed by atoms with Crippen molar-refractivity contribution in [2.75, 3.05) is 32.7 Å². The Labute approximate surface area is 147 Å². The second-order valence-electron chi connectivity index (χ2n) is 7.37. The van der Waals surface area contributed by atoms with Crippen LogP contribution in [0.2, 0.25) is 0 Å². The Kier molecular flexibility index (Phi) is 8.03. The largest absolute Gasteiger partial charge is 0.356 e. The molecule has 0 aromatic rings. The number of nitrogens with zero attached hydrogens (tertiary/aromatic N) is 2. The highest BCUT2D eigenvalue weighted by atomic mass is 16.2. The van der Waals surface area contributed by atoms with Crippen molar-refractivity contribution < 1.29 is 9.59 Å². The van der Waals surface area contributed by atoms with Gasteiger partial charge in [0.15, 0.2) is 0 Å². The van der Waals surface area contributed by atoms with Crippen LogP contribution < -0.4 is 5.32 Å². The molecule has 0 aromatic carbocycles. The molecule has 1 saturated carbocycles. The molecule has 138 valence electrons. The highest BCUT2D eigenvalue weighted by Gasteiger charge is 2.38. The van der Waals surface area contributed by atoms with Gasteiger partial charge in [-0.05, 0) is 51.7 Å². The van der Waals surface area contributed by atoms with Crippen LogP contribution in [0.1, 0.15) is 65.2 Å². The van der Waals surface area contributed by atoms with E-state index in [0.717, 1.165) is 45.4 Å². The molecule has 0 radical (unpaired) electrons. The fourth-order valence-electron chi connectivity index (χ4n) is 4.10. The molecular weight excluding hydrogens is 302 g/mol. The van der Waals surface area contributed by atoms with Gasteiger partial charge in [-0.3, -0.25) is 9.59 Å². The van der Waals surface area contributed by atoms with Crippen LogP contribution in [0.25, 0.3) is 0 Å². The summed E-state index contributed by atoms with van der Waals surface area (Å²) in [4.78, 5) is 29.0. The van der Waals surface area contributed by atoms with Crippen molar-refractivity contribution in [1.82, 2.24) is 15.1 Å². The van der Waals surface area contributed by atoms with Crippen molar-refractivity contribution in [2.24, 2.45) is 5.92 Å². The summed E-state index contributed by atoms with van der Waals surface area (Å²) in [6, 6.07) is 0.395. The van der Waals surface area contributed by atoms with E-state index in [0.29, 0.717) is 19.0 Å². The van der Waals surface area contributed by atoms with Crippen molar-refractivity contribution in [3.05, 3.63) is 0 Å². The molecule has 2 amide bonds. The Balaban J connectivity index is 1.66. The summed E-state index contributed by atoms with van der Waals surface area (Å²) in [5.74, 6) is 0.112. The monoisotopic (exact) mass is 337 g/mol. The number of nitrogens with one attached hydrogen (secondary N) is 1. The standard InChI is InChI=1S/C19H35N3O2/c1-3-11-21(12-4-2)13-7-10-20-19(24)16-14-18(23)22(15-16)17-8-5-6-9-17/h16-17H,3-15H2,1-2H3,(H,20,24)/t16-/m1/s1. The highest BCUT2D eigenvalue weighted by Crippen LogP contribution is 2.29. The molecular formula is C19H35N3O2. The highest BCUT2D eigenvalue weighted by molar-refractivity contribution is 5.89. The molecule has 2 aliphatic rings. The van der Waals surface area contributed by atoms with Gasteiger partial charge < -0.3 is 15.1 Å². The average molecular weight is 338 g/mol. The normalized spacial score (nSPS) is 21.9. The maximum atomic E-state index is 12.3. The van der Waals surface area contributed by atoms with Gasteiger partial charge in [0.1, 0.15) is 0 Å². The lowest BCUT2D eigenvalue weighted by Crippen LogP contribution is -2.37. The van der Waals surface area contributed by atoms with Gasteiger partial charge in [-0.15, -0.1) is 0 Å². The van der Waals surface area contributed by atoms with Crippen molar-refractivity contribution in [2.45, 2.75) is 71.3 Å². The van der Waals surface area contributed by atoms with E-state index in [1.54, 1.807) is 0 Å². The summed E-state index contributed by atoms with van der Waals surface area (Å²) in [5.41, 5.74) is 0. The fraction of sp³-hybridized carbons (Fsp3) is 0.895. The van der Waals surface area contributed by atoms with Crippen molar-refractivity contribution in [3.8, 4) is 0 Å². The molecule has 1 aliphatic heterocycles. The number of likely N-dealkylation sites (tertiary alicyclic amines) is 1. The molecule has 1 saturated heterocycles. The Morgan fingerprint density at radius 2 is 1.83 bits per heavy atom. The zero-order chi connectivity index (χ0) is 17.4. The van der Waals surface area contributed by atoms with Crippen LogP contribution >= 0.6 is 0 Å². The Hall–Kier alpha value is -1.10. The van der Waals surface area contributed by atoms with Gasteiger partial charge in [-0.1, -0.05) is 26.7 Å². The summed E-state index contributed by atoms with van der Waals surface area (Å²) in [5, 5.41) is 3.05. The zero-order valence-corrected chi connectivity index (χ0v) is 15.6. The van der Waals surface area contributed by atoms with Gasteiger partial charge in [0, 0.05) is 25.6 Å². The first-order valence-corrected chi connectivity index (χ1v) is 9.95. The average Bonchev–Trinajstić information content (AvgIpc) is 3.20. The number of amides is 2. The van der Waals surface area contributed by atoms with Crippen molar-refractivity contribution >= 4 is 11.8 Å². The number of carbonyl (C=O) groups excluding carboxylic acids is 2. The summed E-state index contributed by atoms with van der Waals surface area (Å²) < 4.78 is 0. The van der Waals surface area contributed by atoms with Crippen LogP contribution in [0.5, 0.6) is 0 Å². The summed E-state index contributed by atoms with van der Waals surface area (Å²) >= 11 is 0. The predicted molar refractivity (Wildman–Crippen MR) is 96.7 cm³/mol. The second kappa shape index (κ2) is 10.0. The van der Waals surface area contributed by atoms with E-state index in [1.165, 1.54) is 25.7 Å². The minimum Gasteiger partial charge on any atom is -0.356 e. The molecule has 1 N–H and O–H groups in total. The maximum absolute atomic E-state index is 12.3. The Bertz CT molecular complexity index is 401. The molecule has 2 rings (SSSR count). The second-order valence-corrected chi connectivity index (χ2v) is 7.37. The molecule has 0 bridgehead atoms. The van der Waals surface area contributed by atoms with Gasteiger partial charge in [0.2, 0.25) is 11.8 Å². The first-order valence-electron chi connectivity index (χ1n) is 9.95. The molecule has 0 aromatic heterocycles. The molecule has 0 unspecified atom stereocenters. The topological polar surface area (TPSA) is 52.7 Å². The lowest BCUT2D eigenvalue weighted by Gasteiger charge is -2.24. The van der Waals surface area contributed by atoms with Crippen molar-refractivity contribution in [1.29, 1.82) is 0 Å². The quantitative estimate of drug-likeness (QED) is 0.623. The number of hydrogen-bond acceptors (Lipinski definition) is 3. The van der Waals surface area contributed by atoms with Gasteiger partial charge in [0.25, 0.3) is 0 Å². The van der Waals surface area contributed by atoms with Crippen LogP contribution in [-0.2, 0) is 9.59 Å². The van der Waals surface area contributed by atoms with E-state index in [1.807, 2.05) is 4.90 Å². The molecule has 0 spiro atoms. The molecule has 5 heteroatoms. The van der Waals surface area contributed by atoms with E-state index in [4.69, 9.17) is 0 Å². The number of carbonyl (C=O) groups is 2. The Morgan fingerprint density at radius 1 is 1.17 bits per heavy atom. The van der Waals surface area contributed by atoms with Crippen molar-refractivity contribution in [3.63, 3.8) is 0 Å². The smallest absolute Gasteiger partial charge is 0.225 e. The summed E-state index contributed by atoms with van der Waals surface area (Å²) in [6.07, 6.45) is 8.41. The van der Waals surface area contributed by atoms with Crippen LogP contribution in [0, 0.1) is 5.92 Å². The van der Waals surface area contributed by atoms with E-state index >= 15 is 0 Å². The van der Waals surface area contributed by atoms with E-state index < -0.39 is 0 Å². The molecule has 1 heterocycles. The molecule has 5 nitrogen and oxygen atoms in total. The fourth-order valence-corrected chi connectivity index (χ4v) is 4.10. The minimum absolute atomic E-state index is 0.0707. The first-order chi connectivity index (χ1) is 11.7. The van der Waals surface area contributed by atoms with Crippen LogP contribution in [0.4, 0.5) is 0 Å². The SMILES string of the molecule is CCCN(CCC)CCCNC(=O)[C@@H]1CC(=O)N(C2CCCC2)C1. The third-order valence-electron chi connectivity index (χ3n) is 5.32. The van der Waals surface area contributed by atoms with Gasteiger partial charge in [0.05, 0.1) is 5.92 Å². The first kappa shape index (κ1) is 19.2. The minimum atomic E-state index is -0.138. The lowest BCUT2D eigenvalue weighted by molar-refractivity contribution is -0.130. The van der Waals surface area contributed by atoms with Gasteiger partial charge in [-0.25, -0.2) is 0 Å². The summed E-state index contributed by atoms with van der Waals surface area (Å²) in [6.45, 7) is 9.07. The Morgan fingerprint density at radius 3 is 2.46 bits per heavy atom. The lowest BCUT2D eigenvalue weighted by atomic mass is 10.1. The molecule has 2 fully saturated rings.